The van der Waals surface area contributed by atoms with Gasteiger partial charge in [0.05, 0.1) is 23.5 Å². The van der Waals surface area contributed by atoms with Crippen LogP contribution in [0.15, 0.2) is 42.6 Å². The highest BCUT2D eigenvalue weighted by molar-refractivity contribution is 6.52. The number of pyridine rings is 1. The topological polar surface area (TPSA) is 50.3 Å². The number of carbonyl (C=O) groups is 2. The summed E-state index contributed by atoms with van der Waals surface area (Å²) in [6.45, 7) is 2.22. The Kier molecular flexibility index (Phi) is 2.63. The second kappa shape index (κ2) is 4.31. The van der Waals surface area contributed by atoms with Gasteiger partial charge in [-0.3, -0.25) is 19.5 Å². The third-order valence-electron chi connectivity index (χ3n) is 3.24. The zero-order valence-electron chi connectivity index (χ0n) is 10.5. The second-order valence-electron chi connectivity index (χ2n) is 4.51. The summed E-state index contributed by atoms with van der Waals surface area (Å²) in [7, 11) is 0. The monoisotopic (exact) mass is 252 g/mol. The second-order valence-corrected chi connectivity index (χ2v) is 4.51. The van der Waals surface area contributed by atoms with E-state index in [0.29, 0.717) is 17.8 Å². The molecule has 1 amide bonds. The first-order valence-corrected chi connectivity index (χ1v) is 6.04. The van der Waals surface area contributed by atoms with Crippen molar-refractivity contribution in [3.05, 3.63) is 59.4 Å². The zero-order chi connectivity index (χ0) is 13.4. The fraction of sp³-hybridized carbons (Fsp3) is 0.133. The summed E-state index contributed by atoms with van der Waals surface area (Å²) in [6, 6.07) is 10.9. The molecular formula is C15H12N2O2. The Bertz CT molecular complexity index is 665. The van der Waals surface area contributed by atoms with E-state index in [1.54, 1.807) is 18.3 Å². The summed E-state index contributed by atoms with van der Waals surface area (Å²) >= 11 is 0. The van der Waals surface area contributed by atoms with E-state index in [0.717, 1.165) is 11.3 Å². The molecule has 2 heterocycles. The van der Waals surface area contributed by atoms with Crippen LogP contribution in [0.1, 0.15) is 21.6 Å². The Balaban J connectivity index is 2.04. The fourth-order valence-corrected chi connectivity index (χ4v) is 2.34. The maximum absolute atomic E-state index is 12.1. The van der Waals surface area contributed by atoms with Crippen molar-refractivity contribution >= 4 is 17.4 Å². The standard InChI is InChI=1S/C15H12N2O2/c1-10-5-4-7-12-13(10)17(15(19)14(12)18)9-11-6-2-3-8-16-11/h2-8H,9H2,1H3. The molecule has 0 unspecified atom stereocenters. The van der Waals surface area contributed by atoms with Crippen LogP contribution < -0.4 is 4.90 Å². The van der Waals surface area contributed by atoms with Crippen molar-refractivity contribution in [1.82, 2.24) is 4.98 Å². The molecule has 0 N–H and O–H groups in total. The molecule has 4 heteroatoms. The zero-order valence-corrected chi connectivity index (χ0v) is 10.5. The van der Waals surface area contributed by atoms with Crippen molar-refractivity contribution in [2.45, 2.75) is 13.5 Å². The molecule has 0 atom stereocenters. The lowest BCUT2D eigenvalue weighted by Crippen LogP contribution is -2.29. The van der Waals surface area contributed by atoms with Gasteiger partial charge in [-0.2, -0.15) is 0 Å². The first-order chi connectivity index (χ1) is 9.18. The number of nitrogens with zero attached hydrogens (tertiary/aromatic N) is 2. The lowest BCUT2D eigenvalue weighted by atomic mass is 10.1. The molecule has 3 rings (SSSR count). The van der Waals surface area contributed by atoms with Crippen molar-refractivity contribution in [1.29, 1.82) is 0 Å². The molecule has 0 radical (unpaired) electrons. The number of ketones is 1. The molecule has 0 spiro atoms. The summed E-state index contributed by atoms with van der Waals surface area (Å²) in [5.41, 5.74) is 2.89. The molecule has 4 nitrogen and oxygen atoms in total. The highest BCUT2D eigenvalue weighted by Gasteiger charge is 2.36. The van der Waals surface area contributed by atoms with E-state index >= 15 is 0 Å². The Morgan fingerprint density at radius 2 is 1.95 bits per heavy atom. The smallest absolute Gasteiger partial charge is 0.298 e. The van der Waals surface area contributed by atoms with Gasteiger partial charge in [0.25, 0.3) is 11.7 Å². The summed E-state index contributed by atoms with van der Waals surface area (Å²) < 4.78 is 0. The highest BCUT2D eigenvalue weighted by atomic mass is 16.2. The van der Waals surface area contributed by atoms with Crippen LogP contribution in [0.25, 0.3) is 0 Å². The van der Waals surface area contributed by atoms with Crippen molar-refractivity contribution < 1.29 is 9.59 Å². The molecule has 0 saturated carbocycles. The van der Waals surface area contributed by atoms with Crippen LogP contribution in [0.2, 0.25) is 0 Å². The van der Waals surface area contributed by atoms with Crippen molar-refractivity contribution in [2.24, 2.45) is 0 Å². The molecule has 0 bridgehead atoms. The Labute approximate surface area is 110 Å². The number of carbonyl (C=O) groups excluding carboxylic acids is 2. The van der Waals surface area contributed by atoms with Crippen molar-refractivity contribution in [3.63, 3.8) is 0 Å². The number of anilines is 1. The maximum atomic E-state index is 12.1. The summed E-state index contributed by atoms with van der Waals surface area (Å²) in [5, 5.41) is 0. The third kappa shape index (κ3) is 1.81. The van der Waals surface area contributed by atoms with E-state index in [1.807, 2.05) is 31.2 Å². The normalized spacial score (nSPS) is 13.8. The van der Waals surface area contributed by atoms with Crippen LogP contribution in [0, 0.1) is 6.92 Å². The third-order valence-corrected chi connectivity index (χ3v) is 3.24. The molecule has 2 aromatic rings. The number of benzene rings is 1. The Morgan fingerprint density at radius 1 is 1.11 bits per heavy atom. The van der Waals surface area contributed by atoms with Gasteiger partial charge in [-0.1, -0.05) is 18.2 Å². The molecular weight excluding hydrogens is 240 g/mol. The molecule has 19 heavy (non-hydrogen) atoms. The first-order valence-electron chi connectivity index (χ1n) is 6.04. The van der Waals surface area contributed by atoms with E-state index in [9.17, 15) is 9.59 Å². The van der Waals surface area contributed by atoms with E-state index in [-0.39, 0.29) is 0 Å². The van der Waals surface area contributed by atoms with E-state index in [1.165, 1.54) is 4.90 Å². The minimum atomic E-state index is -0.477. The molecule has 94 valence electrons. The number of fused-ring (bicyclic) bond motifs is 1. The molecule has 1 aromatic carbocycles. The maximum Gasteiger partial charge on any atom is 0.299 e. The van der Waals surface area contributed by atoms with Crippen LogP contribution in [-0.2, 0) is 11.3 Å². The molecule has 1 aliphatic heterocycles. The van der Waals surface area contributed by atoms with Gasteiger partial charge in [0.15, 0.2) is 0 Å². The number of para-hydroxylation sites is 1. The van der Waals surface area contributed by atoms with Crippen LogP contribution in [0.4, 0.5) is 5.69 Å². The number of aryl methyl sites for hydroxylation is 1. The highest BCUT2D eigenvalue weighted by Crippen LogP contribution is 2.32. The average molecular weight is 252 g/mol. The quantitative estimate of drug-likeness (QED) is 0.769. The predicted octanol–water partition coefficient (Wildman–Crippen LogP) is 2.12. The van der Waals surface area contributed by atoms with Gasteiger partial charge in [0, 0.05) is 6.20 Å². The van der Waals surface area contributed by atoms with E-state index in [4.69, 9.17) is 0 Å². The number of rotatable bonds is 2. The van der Waals surface area contributed by atoms with Crippen LogP contribution in [-0.4, -0.2) is 16.7 Å². The summed E-state index contributed by atoms with van der Waals surface area (Å²) in [6.07, 6.45) is 1.68. The lowest BCUT2D eigenvalue weighted by Gasteiger charge is -2.17. The SMILES string of the molecule is Cc1cccc2c1N(Cc1ccccn1)C(=O)C2=O. The van der Waals surface area contributed by atoms with Crippen LogP contribution >= 0.6 is 0 Å². The van der Waals surface area contributed by atoms with Crippen LogP contribution in [0.5, 0.6) is 0 Å². The largest absolute Gasteiger partial charge is 0.299 e. The average Bonchev–Trinajstić information content (AvgIpc) is 2.67. The molecule has 1 aromatic heterocycles. The lowest BCUT2D eigenvalue weighted by molar-refractivity contribution is -0.114. The van der Waals surface area contributed by atoms with Gasteiger partial charge < -0.3 is 0 Å². The van der Waals surface area contributed by atoms with Gasteiger partial charge >= 0.3 is 0 Å². The number of Topliss-reactive ketones (excluding diaryl/α,β-unsaturated/α-hetero) is 1. The summed E-state index contributed by atoms with van der Waals surface area (Å²) in [5.74, 6) is -0.912. The number of hydrogen-bond donors (Lipinski definition) is 0. The molecule has 1 aliphatic rings. The van der Waals surface area contributed by atoms with Gasteiger partial charge in [-0.25, -0.2) is 0 Å². The first kappa shape index (κ1) is 11.6. The van der Waals surface area contributed by atoms with Crippen LogP contribution in [0.3, 0.4) is 0 Å². The van der Waals surface area contributed by atoms with Gasteiger partial charge in [-0.05, 0) is 30.7 Å². The van der Waals surface area contributed by atoms with E-state index < -0.39 is 11.7 Å². The molecule has 0 saturated heterocycles. The number of amides is 1. The van der Waals surface area contributed by atoms with Gasteiger partial charge in [0.2, 0.25) is 0 Å². The van der Waals surface area contributed by atoms with Crippen molar-refractivity contribution in [3.8, 4) is 0 Å². The van der Waals surface area contributed by atoms with Crippen molar-refractivity contribution in [2.75, 3.05) is 4.90 Å². The van der Waals surface area contributed by atoms with Gasteiger partial charge in [-0.15, -0.1) is 0 Å². The molecule has 0 fully saturated rings. The Hall–Kier alpha value is -2.49. The van der Waals surface area contributed by atoms with E-state index in [2.05, 4.69) is 4.98 Å². The number of hydrogen-bond acceptors (Lipinski definition) is 3. The minimum Gasteiger partial charge on any atom is -0.298 e. The fourth-order valence-electron chi connectivity index (χ4n) is 2.34. The summed E-state index contributed by atoms with van der Waals surface area (Å²) in [4.78, 5) is 29.7. The number of aromatic nitrogens is 1. The van der Waals surface area contributed by atoms with Gasteiger partial charge in [0.1, 0.15) is 0 Å². The molecule has 0 aliphatic carbocycles. The Morgan fingerprint density at radius 3 is 2.68 bits per heavy atom. The minimum absolute atomic E-state index is 0.323. The predicted molar refractivity (Wildman–Crippen MR) is 70.9 cm³/mol.